The van der Waals surface area contributed by atoms with E-state index in [1.165, 1.54) is 25.7 Å². The lowest BCUT2D eigenvalue weighted by Gasteiger charge is -2.38. The smallest absolute Gasteiger partial charge is 0.323 e. The van der Waals surface area contributed by atoms with Crippen molar-refractivity contribution in [1.82, 2.24) is 15.3 Å². The van der Waals surface area contributed by atoms with Gasteiger partial charge in [-0.1, -0.05) is 27.4 Å². The summed E-state index contributed by atoms with van der Waals surface area (Å²) >= 11 is 1.19. The van der Waals surface area contributed by atoms with E-state index in [-0.39, 0.29) is 18.2 Å². The zero-order chi connectivity index (χ0) is 20.7. The molecule has 0 unspecified atom stereocenters. The second-order valence-electron chi connectivity index (χ2n) is 6.89. The van der Waals surface area contributed by atoms with Crippen LogP contribution >= 0.6 is 11.8 Å². The second-order valence-corrected chi connectivity index (χ2v) is 8.15. The van der Waals surface area contributed by atoms with Crippen LogP contribution in [0.15, 0.2) is 12.3 Å². The molecule has 26 heavy (non-hydrogen) atoms. The molecule has 2 atom stereocenters. The van der Waals surface area contributed by atoms with E-state index >= 15 is 0 Å². The Balaban J connectivity index is 6.09. The molecule has 0 rings (SSSR count). The van der Waals surface area contributed by atoms with Crippen molar-refractivity contribution in [3.63, 3.8) is 0 Å². The van der Waals surface area contributed by atoms with Gasteiger partial charge in [0.2, 0.25) is 5.91 Å². The number of nitrogens with one attached hydrogen (secondary N) is 1. The maximum atomic E-state index is 13.2. The molecule has 150 valence electrons. The van der Waals surface area contributed by atoms with Gasteiger partial charge in [-0.05, 0) is 38.9 Å². The third-order valence-corrected chi connectivity index (χ3v) is 5.55. The van der Waals surface area contributed by atoms with Crippen LogP contribution in [0.3, 0.4) is 0 Å². The molecule has 0 spiro atoms. The van der Waals surface area contributed by atoms with Gasteiger partial charge in [-0.3, -0.25) is 19.7 Å². The molecule has 0 aromatic heterocycles. The Hall–Kier alpha value is -1.54. The average Bonchev–Trinajstić information content (AvgIpc) is 2.60. The van der Waals surface area contributed by atoms with Crippen molar-refractivity contribution in [2.24, 2.45) is 11.8 Å². The highest BCUT2D eigenvalue weighted by Gasteiger charge is 2.49. The van der Waals surface area contributed by atoms with Gasteiger partial charge < -0.3 is 5.32 Å². The van der Waals surface area contributed by atoms with Gasteiger partial charge >= 0.3 is 6.03 Å². The summed E-state index contributed by atoms with van der Waals surface area (Å²) in [5.74, 6) is -1.69. The first-order chi connectivity index (χ1) is 12.0. The first kappa shape index (κ1) is 24.5. The lowest BCUT2D eigenvalue weighted by Crippen LogP contribution is -2.55. The molecule has 0 aromatic rings. The Morgan fingerprint density at radius 3 is 2.19 bits per heavy atom. The summed E-state index contributed by atoms with van der Waals surface area (Å²) in [6, 6.07) is -0.498. The summed E-state index contributed by atoms with van der Waals surface area (Å²) in [7, 11) is 1.46. The van der Waals surface area contributed by atoms with E-state index in [2.05, 4.69) is 11.9 Å². The number of carbonyl (C=O) groups is 3. The molecule has 0 aliphatic heterocycles. The number of rotatable bonds is 9. The van der Waals surface area contributed by atoms with E-state index < -0.39 is 28.5 Å². The molecule has 0 heterocycles. The summed E-state index contributed by atoms with van der Waals surface area (Å²) in [5, 5.41) is 13.1. The minimum absolute atomic E-state index is 0.119. The second kappa shape index (κ2) is 10.6. The van der Waals surface area contributed by atoms with Crippen molar-refractivity contribution in [3.05, 3.63) is 12.3 Å². The fourth-order valence-corrected chi connectivity index (χ4v) is 3.40. The normalized spacial score (nSPS) is 14.3. The number of thioether (sulfide) groups is 1. The van der Waals surface area contributed by atoms with Gasteiger partial charge in [0.1, 0.15) is 4.75 Å². The van der Waals surface area contributed by atoms with Crippen LogP contribution in [-0.2, 0) is 9.59 Å². The molecule has 0 saturated heterocycles. The molecule has 0 aliphatic carbocycles. The van der Waals surface area contributed by atoms with Crippen molar-refractivity contribution in [3.8, 4) is 0 Å². The summed E-state index contributed by atoms with van der Waals surface area (Å²) in [6.45, 7) is 12.7. The largest absolute Gasteiger partial charge is 0.341 e. The van der Waals surface area contributed by atoms with E-state index in [0.717, 1.165) is 4.90 Å². The standard InChI is InChI=1S/C18H33N3O4S/c1-9-10-20(17(24)19-7)15(22)14(11-12(2)3)18(6,26-8)16(23)21(25)13(4)5/h12,14,25H,4,9-11H2,1-3,5-8H3,(H,19,24)/t14-,18+/m1/s1. The number of urea groups is 1. The number of hydroxylamine groups is 2. The van der Waals surface area contributed by atoms with Gasteiger partial charge in [-0.2, -0.15) is 5.06 Å². The number of allylic oxidation sites excluding steroid dienone is 1. The van der Waals surface area contributed by atoms with Crippen molar-refractivity contribution < 1.29 is 19.6 Å². The van der Waals surface area contributed by atoms with Crippen molar-refractivity contribution in [2.45, 2.75) is 52.2 Å². The van der Waals surface area contributed by atoms with E-state index in [1.807, 2.05) is 20.8 Å². The maximum absolute atomic E-state index is 13.2. The fourth-order valence-electron chi connectivity index (χ4n) is 2.65. The van der Waals surface area contributed by atoms with Gasteiger partial charge in [-0.25, -0.2) is 4.79 Å². The van der Waals surface area contributed by atoms with Gasteiger partial charge in [0, 0.05) is 19.3 Å². The highest BCUT2D eigenvalue weighted by atomic mass is 32.2. The maximum Gasteiger partial charge on any atom is 0.323 e. The Kier molecular flexibility index (Phi) is 9.94. The molecule has 0 saturated carbocycles. The Bertz CT molecular complexity index is 539. The monoisotopic (exact) mass is 387 g/mol. The highest BCUT2D eigenvalue weighted by Crippen LogP contribution is 2.38. The number of carbonyl (C=O) groups excluding carboxylic acids is 3. The molecule has 7 nitrogen and oxygen atoms in total. The molecule has 0 aromatic carbocycles. The molecular weight excluding hydrogens is 354 g/mol. The third-order valence-electron chi connectivity index (χ3n) is 4.25. The summed E-state index contributed by atoms with van der Waals surface area (Å²) < 4.78 is -1.24. The lowest BCUT2D eigenvalue weighted by molar-refractivity contribution is -0.163. The van der Waals surface area contributed by atoms with Gasteiger partial charge in [-0.15, -0.1) is 11.8 Å². The topological polar surface area (TPSA) is 90.0 Å². The van der Waals surface area contributed by atoms with Crippen LogP contribution in [0.2, 0.25) is 0 Å². The first-order valence-corrected chi connectivity index (χ1v) is 9.97. The minimum atomic E-state index is -1.24. The SMILES string of the molecule is C=C(C)N(O)C(=O)[C@@](C)(SC)[C@H](CC(C)C)C(=O)N(CCC)C(=O)NC. The average molecular weight is 388 g/mol. The number of hydrogen-bond donors (Lipinski definition) is 2. The van der Waals surface area contributed by atoms with Crippen molar-refractivity contribution >= 4 is 29.6 Å². The number of nitrogens with zero attached hydrogens (tertiary/aromatic N) is 2. The van der Waals surface area contributed by atoms with Crippen LogP contribution in [0, 0.1) is 11.8 Å². The number of hydrogen-bond acceptors (Lipinski definition) is 5. The molecule has 0 bridgehead atoms. The quantitative estimate of drug-likeness (QED) is 0.469. The first-order valence-electron chi connectivity index (χ1n) is 8.74. The van der Waals surface area contributed by atoms with Gasteiger partial charge in [0.05, 0.1) is 5.92 Å². The molecule has 0 fully saturated rings. The van der Waals surface area contributed by atoms with Crippen LogP contribution in [0.4, 0.5) is 4.79 Å². The number of amides is 4. The minimum Gasteiger partial charge on any atom is -0.341 e. The Labute approximate surface area is 161 Å². The summed E-state index contributed by atoms with van der Waals surface area (Å²) in [5.41, 5.74) is 0.169. The van der Waals surface area contributed by atoms with Crippen molar-refractivity contribution in [2.75, 3.05) is 19.8 Å². The summed E-state index contributed by atoms with van der Waals surface area (Å²) in [6.07, 6.45) is 2.73. The van der Waals surface area contributed by atoms with E-state index in [0.29, 0.717) is 17.9 Å². The predicted octanol–water partition coefficient (Wildman–Crippen LogP) is 3.10. The third kappa shape index (κ3) is 5.74. The molecule has 2 N–H and O–H groups in total. The van der Waals surface area contributed by atoms with Crippen LogP contribution in [0.1, 0.15) is 47.5 Å². The number of imide groups is 1. The van der Waals surface area contributed by atoms with Gasteiger partial charge in [0.15, 0.2) is 0 Å². The van der Waals surface area contributed by atoms with Crippen LogP contribution in [0.25, 0.3) is 0 Å². The summed E-state index contributed by atoms with van der Waals surface area (Å²) in [4.78, 5) is 39.5. The van der Waals surface area contributed by atoms with E-state index in [9.17, 15) is 19.6 Å². The molecule has 8 heteroatoms. The molecule has 0 radical (unpaired) electrons. The lowest BCUT2D eigenvalue weighted by atomic mass is 9.83. The fraction of sp³-hybridized carbons (Fsp3) is 0.722. The Morgan fingerprint density at radius 1 is 1.31 bits per heavy atom. The van der Waals surface area contributed by atoms with Crippen LogP contribution in [-0.4, -0.2) is 57.6 Å². The van der Waals surface area contributed by atoms with Crippen LogP contribution < -0.4 is 5.32 Å². The molecule has 0 aliphatic rings. The van der Waals surface area contributed by atoms with Gasteiger partial charge in [0.25, 0.3) is 5.91 Å². The van der Waals surface area contributed by atoms with E-state index in [1.54, 1.807) is 13.2 Å². The Morgan fingerprint density at radius 2 is 1.85 bits per heavy atom. The molecule has 4 amide bonds. The molecular formula is C18H33N3O4S. The van der Waals surface area contributed by atoms with E-state index in [4.69, 9.17) is 0 Å². The zero-order valence-corrected chi connectivity index (χ0v) is 17.8. The van der Waals surface area contributed by atoms with Crippen molar-refractivity contribution in [1.29, 1.82) is 0 Å². The predicted molar refractivity (Wildman–Crippen MR) is 105 cm³/mol. The van der Waals surface area contributed by atoms with Crippen LogP contribution in [0.5, 0.6) is 0 Å². The highest BCUT2D eigenvalue weighted by molar-refractivity contribution is 8.00. The zero-order valence-electron chi connectivity index (χ0n) is 17.0.